The Hall–Kier alpha value is -0.840. The third kappa shape index (κ3) is 2.77. The standard InChI is InChI=1S/C16H12Br2ClNO/c1-8-3-2-4-10(15(8)17)16(18)11-5-9-6-14(21)20-13(9)7-12(11)19/h2-5,7,16H,6H2,1H3,(H,20,21). The van der Waals surface area contributed by atoms with E-state index in [2.05, 4.69) is 56.2 Å². The number of fused-ring (bicyclic) bond motifs is 1. The number of hydrogen-bond donors (Lipinski definition) is 1. The Balaban J connectivity index is 2.06. The maximum absolute atomic E-state index is 11.5. The van der Waals surface area contributed by atoms with E-state index < -0.39 is 0 Å². The first-order valence-electron chi connectivity index (χ1n) is 6.48. The predicted octanol–water partition coefficient (Wildman–Crippen LogP) is 5.39. The second-order valence-corrected chi connectivity index (χ2v) is 7.21. The number of carbonyl (C=O) groups is 1. The molecule has 0 aromatic heterocycles. The summed E-state index contributed by atoms with van der Waals surface area (Å²) in [7, 11) is 0. The third-order valence-corrected chi connectivity index (χ3v) is 6.01. The van der Waals surface area contributed by atoms with Crippen LogP contribution in [0.2, 0.25) is 5.02 Å². The summed E-state index contributed by atoms with van der Waals surface area (Å²) in [4.78, 5) is 11.5. The van der Waals surface area contributed by atoms with Crippen LogP contribution in [-0.4, -0.2) is 5.91 Å². The van der Waals surface area contributed by atoms with Crippen LogP contribution in [0.1, 0.15) is 27.1 Å². The number of carbonyl (C=O) groups excluding carboxylic acids is 1. The van der Waals surface area contributed by atoms with Crippen LogP contribution in [-0.2, 0) is 11.2 Å². The van der Waals surface area contributed by atoms with Gasteiger partial charge in [0.15, 0.2) is 0 Å². The van der Waals surface area contributed by atoms with E-state index in [1.807, 2.05) is 18.2 Å². The Bertz CT molecular complexity index is 745. The van der Waals surface area contributed by atoms with Crippen molar-refractivity contribution < 1.29 is 4.79 Å². The fourth-order valence-electron chi connectivity index (χ4n) is 2.49. The minimum atomic E-state index is -0.0275. The Kier molecular flexibility index (Phi) is 4.12. The van der Waals surface area contributed by atoms with Crippen molar-refractivity contribution in [2.45, 2.75) is 18.2 Å². The molecule has 1 N–H and O–H groups in total. The summed E-state index contributed by atoms with van der Waals surface area (Å²) in [5.41, 5.74) is 5.07. The molecule has 0 saturated heterocycles. The van der Waals surface area contributed by atoms with Crippen LogP contribution in [0.5, 0.6) is 0 Å². The largest absolute Gasteiger partial charge is 0.325 e. The SMILES string of the molecule is Cc1cccc(C(Br)c2cc3c(cc2Cl)NC(=O)C3)c1Br. The van der Waals surface area contributed by atoms with Crippen molar-refractivity contribution in [3.8, 4) is 0 Å². The maximum Gasteiger partial charge on any atom is 0.228 e. The first kappa shape index (κ1) is 15.1. The average molecular weight is 430 g/mol. The summed E-state index contributed by atoms with van der Waals surface area (Å²) in [6, 6.07) is 9.97. The molecule has 2 aromatic rings. The molecule has 5 heteroatoms. The maximum atomic E-state index is 11.5. The molecular weight excluding hydrogens is 417 g/mol. The van der Waals surface area contributed by atoms with Gasteiger partial charge in [-0.3, -0.25) is 4.79 Å². The molecule has 21 heavy (non-hydrogen) atoms. The quantitative estimate of drug-likeness (QED) is 0.637. The van der Waals surface area contributed by atoms with Gasteiger partial charge in [-0.05, 0) is 35.2 Å². The van der Waals surface area contributed by atoms with E-state index in [0.29, 0.717) is 11.4 Å². The van der Waals surface area contributed by atoms with Gasteiger partial charge in [0.1, 0.15) is 0 Å². The zero-order valence-corrected chi connectivity index (χ0v) is 15.1. The molecule has 0 spiro atoms. The number of benzene rings is 2. The van der Waals surface area contributed by atoms with Gasteiger partial charge in [0.25, 0.3) is 0 Å². The van der Waals surface area contributed by atoms with Crippen molar-refractivity contribution in [1.82, 2.24) is 0 Å². The second-order valence-electron chi connectivity index (χ2n) is 5.10. The highest BCUT2D eigenvalue weighted by molar-refractivity contribution is 9.11. The van der Waals surface area contributed by atoms with Gasteiger partial charge in [0, 0.05) is 15.2 Å². The molecule has 2 aromatic carbocycles. The molecule has 1 heterocycles. The van der Waals surface area contributed by atoms with Crippen LogP contribution >= 0.6 is 43.5 Å². The van der Waals surface area contributed by atoms with Crippen molar-refractivity contribution in [3.63, 3.8) is 0 Å². The lowest BCUT2D eigenvalue weighted by molar-refractivity contribution is -0.115. The van der Waals surface area contributed by atoms with E-state index in [9.17, 15) is 4.79 Å². The highest BCUT2D eigenvalue weighted by Crippen LogP contribution is 2.42. The third-order valence-electron chi connectivity index (χ3n) is 3.62. The lowest BCUT2D eigenvalue weighted by atomic mass is 10.00. The topological polar surface area (TPSA) is 29.1 Å². The molecule has 1 unspecified atom stereocenters. The average Bonchev–Trinajstić information content (AvgIpc) is 2.79. The second kappa shape index (κ2) is 5.75. The lowest BCUT2D eigenvalue weighted by Crippen LogP contribution is -2.03. The molecule has 1 aliphatic heterocycles. The highest BCUT2D eigenvalue weighted by Gasteiger charge is 2.23. The van der Waals surface area contributed by atoms with Crippen LogP contribution in [0.15, 0.2) is 34.8 Å². The van der Waals surface area contributed by atoms with E-state index in [0.717, 1.165) is 26.9 Å². The molecular formula is C16H12Br2ClNO. The van der Waals surface area contributed by atoms with Crippen molar-refractivity contribution in [2.24, 2.45) is 0 Å². The Morgan fingerprint density at radius 2 is 2.05 bits per heavy atom. The van der Waals surface area contributed by atoms with E-state index in [4.69, 9.17) is 11.6 Å². The highest BCUT2D eigenvalue weighted by atomic mass is 79.9. The summed E-state index contributed by atoms with van der Waals surface area (Å²) in [6.07, 6.45) is 0.411. The van der Waals surface area contributed by atoms with Gasteiger partial charge in [0.05, 0.1) is 11.2 Å². The number of halogens is 3. The predicted molar refractivity (Wildman–Crippen MR) is 93.4 cm³/mol. The van der Waals surface area contributed by atoms with Gasteiger partial charge in [0.2, 0.25) is 5.91 Å². The fourth-order valence-corrected chi connectivity index (χ4v) is 4.46. The summed E-state index contributed by atoms with van der Waals surface area (Å²) in [5.74, 6) is 0.0149. The number of alkyl halides is 1. The Labute approximate surface area is 145 Å². The minimum Gasteiger partial charge on any atom is -0.325 e. The molecule has 0 radical (unpaired) electrons. The number of aryl methyl sites for hydroxylation is 1. The van der Waals surface area contributed by atoms with Crippen LogP contribution in [0.25, 0.3) is 0 Å². The zero-order valence-electron chi connectivity index (χ0n) is 11.2. The van der Waals surface area contributed by atoms with Gasteiger partial charge in [-0.15, -0.1) is 0 Å². The monoisotopic (exact) mass is 427 g/mol. The first-order chi connectivity index (χ1) is 9.97. The van der Waals surface area contributed by atoms with Gasteiger partial charge in [-0.25, -0.2) is 0 Å². The van der Waals surface area contributed by atoms with Crippen LogP contribution in [0.3, 0.4) is 0 Å². The molecule has 2 nitrogen and oxygen atoms in total. The molecule has 3 rings (SSSR count). The van der Waals surface area contributed by atoms with Crippen LogP contribution < -0.4 is 5.32 Å². The van der Waals surface area contributed by atoms with Gasteiger partial charge >= 0.3 is 0 Å². The molecule has 0 aliphatic carbocycles. The molecule has 1 aliphatic rings. The minimum absolute atomic E-state index is 0.0149. The van der Waals surface area contributed by atoms with E-state index in [1.54, 1.807) is 0 Å². The zero-order chi connectivity index (χ0) is 15.1. The summed E-state index contributed by atoms with van der Waals surface area (Å²) >= 11 is 13.8. The molecule has 0 fully saturated rings. The molecule has 1 atom stereocenters. The van der Waals surface area contributed by atoms with E-state index in [-0.39, 0.29) is 10.7 Å². The Morgan fingerprint density at radius 1 is 1.29 bits per heavy atom. The summed E-state index contributed by atoms with van der Waals surface area (Å²) < 4.78 is 1.07. The molecule has 108 valence electrons. The van der Waals surface area contributed by atoms with Gasteiger partial charge in [-0.2, -0.15) is 0 Å². The van der Waals surface area contributed by atoms with Crippen LogP contribution in [0, 0.1) is 6.92 Å². The number of amides is 1. The lowest BCUT2D eigenvalue weighted by Gasteiger charge is -2.16. The van der Waals surface area contributed by atoms with Crippen molar-refractivity contribution in [2.75, 3.05) is 5.32 Å². The van der Waals surface area contributed by atoms with Crippen molar-refractivity contribution in [1.29, 1.82) is 0 Å². The summed E-state index contributed by atoms with van der Waals surface area (Å²) in [5, 5.41) is 3.46. The van der Waals surface area contributed by atoms with Gasteiger partial charge in [-0.1, -0.05) is 67.7 Å². The van der Waals surface area contributed by atoms with E-state index >= 15 is 0 Å². The van der Waals surface area contributed by atoms with Crippen molar-refractivity contribution >= 4 is 55.1 Å². The van der Waals surface area contributed by atoms with E-state index in [1.165, 1.54) is 5.56 Å². The number of rotatable bonds is 2. The van der Waals surface area contributed by atoms with Gasteiger partial charge < -0.3 is 5.32 Å². The fraction of sp³-hybridized carbons (Fsp3) is 0.188. The molecule has 0 bridgehead atoms. The Morgan fingerprint density at radius 3 is 2.81 bits per heavy atom. The molecule has 0 saturated carbocycles. The summed E-state index contributed by atoms with van der Waals surface area (Å²) in [6.45, 7) is 2.06. The smallest absolute Gasteiger partial charge is 0.228 e. The molecule has 1 amide bonds. The van der Waals surface area contributed by atoms with Crippen molar-refractivity contribution in [3.05, 3.63) is 62.1 Å². The number of anilines is 1. The van der Waals surface area contributed by atoms with Crippen LogP contribution in [0.4, 0.5) is 5.69 Å². The normalized spacial score (nSPS) is 14.8. The number of hydrogen-bond acceptors (Lipinski definition) is 1. The number of nitrogens with one attached hydrogen (secondary N) is 1. The first-order valence-corrected chi connectivity index (χ1v) is 8.57.